The van der Waals surface area contributed by atoms with E-state index in [0.29, 0.717) is 32.3 Å². The Kier molecular flexibility index (Phi) is 8.10. The largest absolute Gasteiger partial charge is 0.490 e. The van der Waals surface area contributed by atoms with Gasteiger partial charge in [0.05, 0.1) is 26.3 Å². The highest BCUT2D eigenvalue weighted by Gasteiger charge is 2.12. The lowest BCUT2D eigenvalue weighted by Gasteiger charge is -2.14. The Bertz CT molecular complexity index is 1020. The van der Waals surface area contributed by atoms with Gasteiger partial charge in [-0.15, -0.1) is 34.2 Å². The van der Waals surface area contributed by atoms with Crippen molar-refractivity contribution >= 4 is 35.6 Å². The first-order valence-electron chi connectivity index (χ1n) is 10.0. The maximum absolute atomic E-state index is 5.80. The van der Waals surface area contributed by atoms with Gasteiger partial charge in [0.25, 0.3) is 0 Å². The van der Waals surface area contributed by atoms with Crippen molar-refractivity contribution < 1.29 is 9.47 Å². The summed E-state index contributed by atoms with van der Waals surface area (Å²) in [6.07, 6.45) is 0.875. The molecule has 4 rings (SSSR count). The third kappa shape index (κ3) is 6.09. The second-order valence-corrected chi connectivity index (χ2v) is 7.06. The van der Waals surface area contributed by atoms with Gasteiger partial charge in [-0.3, -0.25) is 0 Å². The molecule has 164 valence electrons. The summed E-state index contributed by atoms with van der Waals surface area (Å²) in [5.41, 5.74) is 2.00. The van der Waals surface area contributed by atoms with Crippen molar-refractivity contribution in [2.24, 2.45) is 12.0 Å². The van der Waals surface area contributed by atoms with Crippen molar-refractivity contribution in [3.8, 4) is 11.5 Å². The summed E-state index contributed by atoms with van der Waals surface area (Å²) in [6.45, 7) is 4.30. The lowest BCUT2D eigenvalue weighted by Crippen LogP contribution is -2.31. The highest BCUT2D eigenvalue weighted by Crippen LogP contribution is 2.32. The molecule has 0 fully saturated rings. The molecule has 0 amide bonds. The van der Waals surface area contributed by atoms with Crippen LogP contribution in [0.2, 0.25) is 0 Å². The van der Waals surface area contributed by atoms with E-state index in [-0.39, 0.29) is 24.0 Å². The minimum Gasteiger partial charge on any atom is -0.490 e. The Hall–Kier alpha value is -2.82. The summed E-state index contributed by atoms with van der Waals surface area (Å²) in [5.74, 6) is 3.85. The number of hydrogen-bond acceptors (Lipinski definition) is 5. The first-order valence-corrected chi connectivity index (χ1v) is 10.0. The Morgan fingerprint density at radius 2 is 1.84 bits per heavy atom. The number of fused-ring (bicyclic) bond motifs is 1. The Morgan fingerprint density at radius 1 is 1.06 bits per heavy atom. The quantitative estimate of drug-likeness (QED) is 0.295. The van der Waals surface area contributed by atoms with E-state index in [2.05, 4.69) is 33.0 Å². The summed E-state index contributed by atoms with van der Waals surface area (Å²) in [4.78, 5) is 4.74. The molecule has 2 aromatic carbocycles. The van der Waals surface area contributed by atoms with Crippen LogP contribution in [-0.2, 0) is 20.1 Å². The summed E-state index contributed by atoms with van der Waals surface area (Å²) >= 11 is 0. The topological polar surface area (TPSA) is 85.6 Å². The molecule has 0 atom stereocenters. The number of aryl methyl sites for hydroxylation is 1. The third-order valence-corrected chi connectivity index (χ3v) is 4.87. The first kappa shape index (κ1) is 22.9. The van der Waals surface area contributed by atoms with Gasteiger partial charge < -0.3 is 24.7 Å². The summed E-state index contributed by atoms with van der Waals surface area (Å²) in [7, 11) is 1.95. The van der Waals surface area contributed by atoms with E-state index in [9.17, 15) is 0 Å². The van der Waals surface area contributed by atoms with Crippen molar-refractivity contribution in [3.63, 3.8) is 0 Å². The first-order chi connectivity index (χ1) is 14.7. The zero-order valence-electron chi connectivity index (χ0n) is 17.7. The smallest absolute Gasteiger partial charge is 0.196 e. The molecule has 1 aliphatic heterocycles. The van der Waals surface area contributed by atoms with Gasteiger partial charge in [0.1, 0.15) is 5.82 Å². The minimum atomic E-state index is 0. The maximum Gasteiger partial charge on any atom is 0.196 e. The Balaban J connectivity index is 0.00000272. The van der Waals surface area contributed by atoms with E-state index in [4.69, 9.17) is 14.5 Å². The van der Waals surface area contributed by atoms with Gasteiger partial charge in [-0.2, -0.15) is 0 Å². The van der Waals surface area contributed by atoms with E-state index in [1.165, 1.54) is 0 Å². The fourth-order valence-corrected chi connectivity index (χ4v) is 3.04. The van der Waals surface area contributed by atoms with Gasteiger partial charge in [-0.05, 0) is 24.6 Å². The molecule has 0 aliphatic carbocycles. The fraction of sp³-hybridized carbons (Fsp3) is 0.318. The highest BCUT2D eigenvalue weighted by molar-refractivity contribution is 14.0. The summed E-state index contributed by atoms with van der Waals surface area (Å²) < 4.78 is 13.5. The van der Waals surface area contributed by atoms with Crippen LogP contribution in [0.5, 0.6) is 11.5 Å². The lowest BCUT2D eigenvalue weighted by molar-refractivity contribution is 0.297. The van der Waals surface area contributed by atoms with E-state index in [0.717, 1.165) is 40.8 Å². The molecular weight excluding hydrogens is 507 g/mol. The molecule has 31 heavy (non-hydrogen) atoms. The van der Waals surface area contributed by atoms with E-state index in [1.54, 1.807) is 0 Å². The van der Waals surface area contributed by atoms with Crippen molar-refractivity contribution in [1.82, 2.24) is 20.1 Å². The van der Waals surface area contributed by atoms with Crippen LogP contribution >= 0.6 is 24.0 Å². The number of benzene rings is 2. The second-order valence-electron chi connectivity index (χ2n) is 7.06. The molecule has 0 bridgehead atoms. The maximum atomic E-state index is 5.80. The number of rotatable bonds is 5. The molecule has 8 nitrogen and oxygen atoms in total. The van der Waals surface area contributed by atoms with Crippen molar-refractivity contribution in [3.05, 3.63) is 65.7 Å². The van der Waals surface area contributed by atoms with Crippen molar-refractivity contribution in [2.75, 3.05) is 18.5 Å². The number of nitrogens with one attached hydrogen (secondary N) is 2. The van der Waals surface area contributed by atoms with Gasteiger partial charge in [0.15, 0.2) is 23.3 Å². The second kappa shape index (κ2) is 11.0. The van der Waals surface area contributed by atoms with E-state index < -0.39 is 0 Å². The van der Waals surface area contributed by atoms with Crippen LogP contribution in [0.3, 0.4) is 0 Å². The zero-order valence-corrected chi connectivity index (χ0v) is 20.0. The fourth-order valence-electron chi connectivity index (χ4n) is 3.04. The molecule has 0 saturated carbocycles. The van der Waals surface area contributed by atoms with Crippen LogP contribution in [0.25, 0.3) is 0 Å². The van der Waals surface area contributed by atoms with Gasteiger partial charge >= 0.3 is 0 Å². The number of halogens is 1. The predicted octanol–water partition coefficient (Wildman–Crippen LogP) is 3.66. The lowest BCUT2D eigenvalue weighted by atomic mass is 10.2. The summed E-state index contributed by atoms with van der Waals surface area (Å²) in [5, 5.41) is 15.0. The molecule has 2 heterocycles. The molecule has 1 aliphatic rings. The zero-order chi connectivity index (χ0) is 20.8. The molecule has 9 heteroatoms. The van der Waals surface area contributed by atoms with Crippen LogP contribution in [0.15, 0.2) is 53.5 Å². The van der Waals surface area contributed by atoms with Crippen molar-refractivity contribution in [2.45, 2.75) is 26.4 Å². The van der Waals surface area contributed by atoms with Crippen LogP contribution in [0.4, 0.5) is 5.69 Å². The van der Waals surface area contributed by atoms with Crippen molar-refractivity contribution in [1.29, 1.82) is 0 Å². The number of hydrogen-bond donors (Lipinski definition) is 2. The number of nitrogens with zero attached hydrogens (tertiary/aromatic N) is 4. The number of guanidine groups is 1. The van der Waals surface area contributed by atoms with Crippen LogP contribution < -0.4 is 20.1 Å². The van der Waals surface area contributed by atoms with Crippen LogP contribution in [0, 0.1) is 6.92 Å². The number of aliphatic imine (C=N–C) groups is 1. The molecule has 0 spiro atoms. The molecular formula is C22H27IN6O2. The van der Waals surface area contributed by atoms with Crippen LogP contribution in [0.1, 0.15) is 23.6 Å². The standard InChI is InChI=1S/C22H26N6O2.HI/c1-16-26-27-21(28(16)2)15-24-22(23-14-17-7-4-3-5-8-17)25-18-9-10-19-20(13-18)30-12-6-11-29-19;/h3-5,7-10,13H,6,11-12,14-15H2,1-2H3,(H2,23,24,25);1H. The third-order valence-electron chi connectivity index (χ3n) is 4.87. The SMILES string of the molecule is Cc1nnc(CNC(=NCc2ccccc2)Nc2ccc3c(c2)OCCCO3)n1C.I. The summed E-state index contributed by atoms with van der Waals surface area (Å²) in [6, 6.07) is 16.0. The van der Waals surface area contributed by atoms with E-state index >= 15 is 0 Å². The molecule has 3 aromatic rings. The van der Waals surface area contributed by atoms with Crippen LogP contribution in [-0.4, -0.2) is 33.9 Å². The minimum absolute atomic E-state index is 0. The predicted molar refractivity (Wildman–Crippen MR) is 131 cm³/mol. The average Bonchev–Trinajstić information content (AvgIpc) is 2.95. The van der Waals surface area contributed by atoms with Gasteiger partial charge in [0.2, 0.25) is 0 Å². The number of anilines is 1. The number of aromatic nitrogens is 3. The molecule has 0 radical (unpaired) electrons. The normalized spacial score (nSPS) is 13.2. The molecule has 1 aromatic heterocycles. The van der Waals surface area contributed by atoms with Gasteiger partial charge in [-0.25, -0.2) is 4.99 Å². The van der Waals surface area contributed by atoms with E-state index in [1.807, 2.05) is 54.9 Å². The Labute approximate surface area is 199 Å². The monoisotopic (exact) mass is 534 g/mol. The molecule has 2 N–H and O–H groups in total. The molecule has 0 unspecified atom stereocenters. The Morgan fingerprint density at radius 3 is 2.58 bits per heavy atom. The average molecular weight is 534 g/mol. The van der Waals surface area contributed by atoms with Gasteiger partial charge in [0, 0.05) is 25.2 Å². The van der Waals surface area contributed by atoms with Gasteiger partial charge in [-0.1, -0.05) is 30.3 Å². The highest BCUT2D eigenvalue weighted by atomic mass is 127. The number of ether oxygens (including phenoxy) is 2. The molecule has 0 saturated heterocycles.